The highest BCUT2D eigenvalue weighted by molar-refractivity contribution is 5.87. The first-order valence-corrected chi connectivity index (χ1v) is 24.5. The SMILES string of the molecule is COC(=O)[C@H]1O[C@@H](O[C@H]2CC[C@@]3(C)[C@@H](CC[C@]4(C)[C@@H]3CC=C3[C@@H]5CC(C)(C)CC(=O)[C@]5(C)CC[C@]34C)[C@@]2(C)CO)[C@H](O[C@@H]2O[C@H](CO)[C@@H](O)[C@H](O)[C@H]2O[C@@H]2O[C@@H](C)[C@H](O)[C@@H](O)[C@H]2O)[C@@H](O)[C@@H]1O. The normalized spacial score (nSPS) is 54.1. The number of ether oxygens (including phenoxy) is 7. The van der Waals surface area contributed by atoms with Crippen molar-refractivity contribution in [1.82, 2.24) is 0 Å². The van der Waals surface area contributed by atoms with Gasteiger partial charge in [0.05, 0.1) is 32.5 Å². The summed E-state index contributed by atoms with van der Waals surface area (Å²) in [5, 5.41) is 98.7. The summed E-state index contributed by atoms with van der Waals surface area (Å²) in [6.07, 6.45) is -16.9. The molecule has 67 heavy (non-hydrogen) atoms. The summed E-state index contributed by atoms with van der Waals surface area (Å²) in [4.78, 5) is 26.9. The quantitative estimate of drug-likeness (QED) is 0.0886. The number of esters is 1. The molecule has 0 unspecified atom stereocenters. The topological polar surface area (TPSA) is 281 Å². The van der Waals surface area contributed by atoms with E-state index in [-0.39, 0.29) is 51.4 Å². The Bertz CT molecular complexity index is 1880. The smallest absolute Gasteiger partial charge is 0.337 e. The minimum Gasteiger partial charge on any atom is -0.467 e. The molecule has 0 spiro atoms. The van der Waals surface area contributed by atoms with Crippen LogP contribution in [0.5, 0.6) is 0 Å². The molecule has 0 aromatic carbocycles. The van der Waals surface area contributed by atoms with Gasteiger partial charge >= 0.3 is 5.97 Å². The zero-order chi connectivity index (χ0) is 49.1. The van der Waals surface area contributed by atoms with Crippen LogP contribution in [0.15, 0.2) is 11.6 Å². The van der Waals surface area contributed by atoms with Gasteiger partial charge < -0.3 is 79.1 Å². The van der Waals surface area contributed by atoms with Crippen molar-refractivity contribution in [2.75, 3.05) is 20.3 Å². The second-order valence-corrected chi connectivity index (χ2v) is 23.6. The Morgan fingerprint density at radius 3 is 2.00 bits per heavy atom. The van der Waals surface area contributed by atoms with Crippen LogP contribution in [-0.2, 0) is 42.7 Å². The van der Waals surface area contributed by atoms with Crippen molar-refractivity contribution in [1.29, 1.82) is 0 Å². The highest BCUT2D eigenvalue weighted by atomic mass is 16.8. The van der Waals surface area contributed by atoms with Crippen LogP contribution in [0.25, 0.3) is 0 Å². The van der Waals surface area contributed by atoms with Gasteiger partial charge in [0.15, 0.2) is 25.0 Å². The zero-order valence-electron chi connectivity index (χ0n) is 40.5. The van der Waals surface area contributed by atoms with Crippen molar-refractivity contribution >= 4 is 11.8 Å². The van der Waals surface area contributed by atoms with Gasteiger partial charge in [0, 0.05) is 17.3 Å². The van der Waals surface area contributed by atoms with Crippen LogP contribution in [0.1, 0.15) is 113 Å². The number of carbonyl (C=O) groups excluding carboxylic acids is 2. The molecule has 0 aromatic heterocycles. The third-order valence-electron chi connectivity index (χ3n) is 19.4. The summed E-state index contributed by atoms with van der Waals surface area (Å²) in [6.45, 7) is 16.2. The Hall–Kier alpha value is -1.72. The molecule has 0 amide bonds. The summed E-state index contributed by atoms with van der Waals surface area (Å²) in [7, 11) is 1.09. The van der Waals surface area contributed by atoms with Gasteiger partial charge in [-0.25, -0.2) is 4.79 Å². The van der Waals surface area contributed by atoms with Gasteiger partial charge in [-0.05, 0) is 97.7 Å². The predicted octanol–water partition coefficient (Wildman–Crippen LogP) is 1.00. The van der Waals surface area contributed by atoms with Crippen LogP contribution < -0.4 is 0 Å². The second-order valence-electron chi connectivity index (χ2n) is 23.6. The minimum atomic E-state index is -1.95. The van der Waals surface area contributed by atoms with E-state index in [1.165, 1.54) is 12.5 Å². The van der Waals surface area contributed by atoms with Crippen molar-refractivity contribution in [2.24, 2.45) is 50.2 Å². The number of aliphatic hydroxyl groups excluding tert-OH is 9. The fourth-order valence-electron chi connectivity index (χ4n) is 15.0. The van der Waals surface area contributed by atoms with Crippen molar-refractivity contribution < 1.29 is 88.7 Å². The van der Waals surface area contributed by atoms with E-state index in [4.69, 9.17) is 33.2 Å². The average molecular weight is 955 g/mol. The molecule has 0 radical (unpaired) electrons. The van der Waals surface area contributed by atoms with Crippen LogP contribution in [0, 0.1) is 50.2 Å². The number of aliphatic hydroxyl groups is 9. The Labute approximate surface area is 393 Å². The Morgan fingerprint density at radius 1 is 0.716 bits per heavy atom. The Balaban J connectivity index is 1.08. The van der Waals surface area contributed by atoms with E-state index in [1.54, 1.807) is 0 Å². The van der Waals surface area contributed by atoms with Crippen molar-refractivity contribution in [3.63, 3.8) is 0 Å². The third-order valence-corrected chi connectivity index (χ3v) is 19.4. The molecule has 0 bridgehead atoms. The molecule has 18 heteroatoms. The first-order chi connectivity index (χ1) is 31.3. The molecule has 8 rings (SSSR count). The van der Waals surface area contributed by atoms with Crippen molar-refractivity contribution in [3.8, 4) is 0 Å². The summed E-state index contributed by atoms with van der Waals surface area (Å²) in [5.41, 5.74) is -0.412. The summed E-state index contributed by atoms with van der Waals surface area (Å²) >= 11 is 0. The lowest BCUT2D eigenvalue weighted by Crippen LogP contribution is -2.68. The highest BCUT2D eigenvalue weighted by Gasteiger charge is 2.70. The fourth-order valence-corrected chi connectivity index (χ4v) is 15.0. The standard InChI is InChI=1S/C49H78O18/c1-22-30(53)32(55)36(59)41(62-22)66-38-33(56)31(54)25(20-50)63-42(38)67-39-35(58)34(57)37(40(60)61-9)65-43(39)64-29-13-14-46(5)26(47(29,6)21-51)12-15-49(8)27(46)11-10-23-24-18-44(2,3)19-28(52)45(24,4)16-17-48(23,49)7/h10,22,24-27,29-39,41-43,50-51,53-59H,11-21H2,1-9H3/t22-,24-,25+,26+,27+,29-,30-,31+,32+,33-,34-,35-,36+,37-,38+,39+,41-,42-,43+,45+,46-,47+,48+,49+/m0/s1. The van der Waals surface area contributed by atoms with Gasteiger partial charge in [0.25, 0.3) is 0 Å². The molecular formula is C49H78O18. The van der Waals surface area contributed by atoms with E-state index in [0.717, 1.165) is 45.6 Å². The van der Waals surface area contributed by atoms with Gasteiger partial charge in [-0.1, -0.05) is 60.1 Å². The van der Waals surface area contributed by atoms with E-state index < -0.39 is 116 Å². The lowest BCUT2D eigenvalue weighted by Gasteiger charge is -2.71. The summed E-state index contributed by atoms with van der Waals surface area (Å²) < 4.78 is 41.6. The average Bonchev–Trinajstić information content (AvgIpc) is 3.28. The monoisotopic (exact) mass is 955 g/mol. The molecule has 24 atom stereocenters. The number of Topliss-reactive ketones (excluding diaryl/α,β-unsaturated/α-hetero) is 1. The van der Waals surface area contributed by atoms with Gasteiger partial charge in [0.2, 0.25) is 0 Å². The number of carbonyl (C=O) groups is 2. The molecule has 4 saturated carbocycles. The second kappa shape index (κ2) is 18.1. The molecule has 3 saturated heterocycles. The minimum absolute atomic E-state index is 0.0705. The number of fused-ring (bicyclic) bond motifs is 7. The van der Waals surface area contributed by atoms with E-state index in [9.17, 15) is 55.5 Å². The molecule has 3 aliphatic heterocycles. The summed E-state index contributed by atoms with van der Waals surface area (Å²) in [5.74, 6) is -0.283. The zero-order valence-corrected chi connectivity index (χ0v) is 40.5. The maximum atomic E-state index is 13.8. The fraction of sp³-hybridized carbons (Fsp3) is 0.918. The molecule has 382 valence electrons. The van der Waals surface area contributed by atoms with E-state index >= 15 is 0 Å². The van der Waals surface area contributed by atoms with Gasteiger partial charge in [-0.2, -0.15) is 0 Å². The lowest BCUT2D eigenvalue weighted by atomic mass is 9.33. The van der Waals surface area contributed by atoms with Crippen LogP contribution >= 0.6 is 0 Å². The van der Waals surface area contributed by atoms with Crippen LogP contribution in [-0.4, -0.2) is 176 Å². The van der Waals surface area contributed by atoms with Gasteiger partial charge in [-0.15, -0.1) is 0 Å². The number of ketones is 1. The summed E-state index contributed by atoms with van der Waals surface area (Å²) in [6, 6.07) is 0. The third kappa shape index (κ3) is 8.02. The van der Waals surface area contributed by atoms with E-state index in [0.29, 0.717) is 25.0 Å². The molecule has 5 aliphatic carbocycles. The molecule has 7 fully saturated rings. The largest absolute Gasteiger partial charge is 0.467 e. The molecule has 8 aliphatic rings. The predicted molar refractivity (Wildman–Crippen MR) is 234 cm³/mol. The number of hydrogen-bond donors (Lipinski definition) is 9. The lowest BCUT2D eigenvalue weighted by molar-refractivity contribution is -0.396. The first-order valence-electron chi connectivity index (χ1n) is 24.5. The number of allylic oxidation sites excluding steroid dienone is 2. The van der Waals surface area contributed by atoms with Crippen LogP contribution in [0.2, 0.25) is 0 Å². The molecular weight excluding hydrogens is 877 g/mol. The molecule has 0 aromatic rings. The molecule has 18 nitrogen and oxygen atoms in total. The van der Waals surface area contributed by atoms with E-state index in [1.807, 2.05) is 6.92 Å². The van der Waals surface area contributed by atoms with Gasteiger partial charge in [-0.3, -0.25) is 4.79 Å². The van der Waals surface area contributed by atoms with Crippen LogP contribution in [0.4, 0.5) is 0 Å². The molecule has 3 heterocycles. The number of hydrogen-bond acceptors (Lipinski definition) is 18. The maximum Gasteiger partial charge on any atom is 0.337 e. The Kier molecular flexibility index (Phi) is 13.9. The number of methoxy groups -OCH3 is 1. The maximum absolute atomic E-state index is 13.8. The van der Waals surface area contributed by atoms with Gasteiger partial charge in [0.1, 0.15) is 66.8 Å². The first kappa shape index (κ1) is 51.6. The molecule has 9 N–H and O–H groups in total. The van der Waals surface area contributed by atoms with Crippen molar-refractivity contribution in [3.05, 3.63) is 11.6 Å². The Morgan fingerprint density at radius 2 is 1.36 bits per heavy atom. The van der Waals surface area contributed by atoms with Crippen LogP contribution in [0.3, 0.4) is 0 Å². The van der Waals surface area contributed by atoms with Crippen molar-refractivity contribution in [2.45, 2.75) is 211 Å². The number of rotatable bonds is 9. The van der Waals surface area contributed by atoms with E-state index in [2.05, 4.69) is 47.6 Å². The highest BCUT2D eigenvalue weighted by Crippen LogP contribution is 2.75.